The van der Waals surface area contributed by atoms with E-state index in [1.54, 1.807) is 12.1 Å². The first-order valence-electron chi connectivity index (χ1n) is 4.98. The molecular formula is C11H6F3N3O2. The van der Waals surface area contributed by atoms with E-state index in [4.69, 9.17) is 5.11 Å². The highest BCUT2D eigenvalue weighted by atomic mass is 19.4. The van der Waals surface area contributed by atoms with Gasteiger partial charge in [0.05, 0.1) is 0 Å². The van der Waals surface area contributed by atoms with E-state index >= 15 is 0 Å². The van der Waals surface area contributed by atoms with E-state index in [0.29, 0.717) is 6.20 Å². The minimum atomic E-state index is -4.87. The predicted molar refractivity (Wildman–Crippen MR) is 57.2 cm³/mol. The Hall–Kier alpha value is -2.51. The molecule has 8 heteroatoms. The number of carbonyl (C=O) groups is 1. The number of halogens is 3. The quantitative estimate of drug-likeness (QED) is 0.904. The largest absolute Gasteiger partial charge is 0.478 e. The van der Waals surface area contributed by atoms with Gasteiger partial charge in [-0.25, -0.2) is 14.8 Å². The average Bonchev–Trinajstić information content (AvgIpc) is 2.38. The van der Waals surface area contributed by atoms with Crippen molar-refractivity contribution < 1.29 is 23.1 Å². The molecule has 19 heavy (non-hydrogen) atoms. The van der Waals surface area contributed by atoms with Crippen LogP contribution in [0.3, 0.4) is 0 Å². The summed E-state index contributed by atoms with van der Waals surface area (Å²) in [6, 6.07) is 4.57. The van der Waals surface area contributed by atoms with E-state index in [9.17, 15) is 18.0 Å². The summed E-state index contributed by atoms with van der Waals surface area (Å²) in [6.07, 6.45) is -2.88. The van der Waals surface area contributed by atoms with Gasteiger partial charge in [-0.1, -0.05) is 6.07 Å². The van der Waals surface area contributed by atoms with Crippen molar-refractivity contribution in [3.8, 4) is 11.5 Å². The fraction of sp³-hybridized carbons (Fsp3) is 0.0909. The zero-order chi connectivity index (χ0) is 14.0. The third-order valence-electron chi connectivity index (χ3n) is 2.18. The molecule has 0 aromatic carbocycles. The minimum Gasteiger partial charge on any atom is -0.478 e. The second kappa shape index (κ2) is 4.63. The van der Waals surface area contributed by atoms with Crippen molar-refractivity contribution in [1.82, 2.24) is 15.0 Å². The van der Waals surface area contributed by atoms with Gasteiger partial charge in [0, 0.05) is 12.4 Å². The summed E-state index contributed by atoms with van der Waals surface area (Å²) in [5.41, 5.74) is -2.35. The van der Waals surface area contributed by atoms with Gasteiger partial charge in [-0.2, -0.15) is 13.2 Å². The van der Waals surface area contributed by atoms with E-state index in [1.165, 1.54) is 12.3 Å². The van der Waals surface area contributed by atoms with Gasteiger partial charge in [0.2, 0.25) is 0 Å². The highest BCUT2D eigenvalue weighted by Gasteiger charge is 2.38. The summed E-state index contributed by atoms with van der Waals surface area (Å²) >= 11 is 0. The maximum absolute atomic E-state index is 12.7. The molecule has 2 aromatic heterocycles. The molecule has 0 spiro atoms. The molecule has 0 saturated heterocycles. The van der Waals surface area contributed by atoms with E-state index in [-0.39, 0.29) is 11.5 Å². The molecule has 98 valence electrons. The van der Waals surface area contributed by atoms with E-state index in [0.717, 1.165) is 0 Å². The van der Waals surface area contributed by atoms with Crippen LogP contribution in [0.15, 0.2) is 30.6 Å². The van der Waals surface area contributed by atoms with Crippen LogP contribution < -0.4 is 0 Å². The fourth-order valence-electron chi connectivity index (χ4n) is 1.37. The number of aromatic carboxylic acids is 1. The molecule has 2 aromatic rings. The third-order valence-corrected chi connectivity index (χ3v) is 2.18. The molecule has 5 nitrogen and oxygen atoms in total. The van der Waals surface area contributed by atoms with Crippen LogP contribution in [0.25, 0.3) is 11.5 Å². The second-order valence-corrected chi connectivity index (χ2v) is 3.47. The number of hydrogen-bond donors (Lipinski definition) is 1. The maximum atomic E-state index is 12.7. The number of hydrogen-bond acceptors (Lipinski definition) is 4. The van der Waals surface area contributed by atoms with Crippen molar-refractivity contribution >= 4 is 5.97 Å². The van der Waals surface area contributed by atoms with Crippen LogP contribution in [-0.2, 0) is 6.18 Å². The minimum absolute atomic E-state index is 0.130. The maximum Gasteiger partial charge on any atom is 0.434 e. The molecule has 0 amide bonds. The van der Waals surface area contributed by atoms with E-state index in [1.807, 2.05) is 0 Å². The Morgan fingerprint density at radius 3 is 2.47 bits per heavy atom. The van der Waals surface area contributed by atoms with Gasteiger partial charge in [0.1, 0.15) is 11.3 Å². The Labute approximate surface area is 104 Å². The van der Waals surface area contributed by atoms with Crippen LogP contribution in [-0.4, -0.2) is 26.0 Å². The number of nitrogens with zero attached hydrogens (tertiary/aromatic N) is 3. The fourth-order valence-corrected chi connectivity index (χ4v) is 1.37. The Morgan fingerprint density at radius 2 is 1.95 bits per heavy atom. The van der Waals surface area contributed by atoms with Gasteiger partial charge < -0.3 is 5.11 Å². The molecule has 2 heterocycles. The first-order valence-corrected chi connectivity index (χ1v) is 4.98. The standard InChI is InChI=1S/C11H6F3N3O2/c12-11(13,14)8-6(10(18)19)5-16-9(17-8)7-3-1-2-4-15-7/h1-5H,(H,18,19). The molecule has 0 radical (unpaired) electrons. The van der Waals surface area contributed by atoms with Gasteiger partial charge in [-0.05, 0) is 12.1 Å². The summed E-state index contributed by atoms with van der Waals surface area (Å²) in [5.74, 6) is -2.02. The van der Waals surface area contributed by atoms with Crippen molar-refractivity contribution in [2.75, 3.05) is 0 Å². The van der Waals surface area contributed by atoms with Crippen LogP contribution in [0.2, 0.25) is 0 Å². The number of aromatic nitrogens is 3. The summed E-state index contributed by atoms with van der Waals surface area (Å²) in [5, 5.41) is 8.69. The van der Waals surface area contributed by atoms with Gasteiger partial charge in [0.15, 0.2) is 11.5 Å². The zero-order valence-electron chi connectivity index (χ0n) is 9.22. The van der Waals surface area contributed by atoms with Crippen LogP contribution in [0.1, 0.15) is 16.1 Å². The highest BCUT2D eigenvalue weighted by molar-refractivity contribution is 5.88. The molecule has 0 unspecified atom stereocenters. The second-order valence-electron chi connectivity index (χ2n) is 3.47. The molecule has 1 N–H and O–H groups in total. The Morgan fingerprint density at radius 1 is 1.21 bits per heavy atom. The molecule has 0 bridgehead atoms. The number of rotatable bonds is 2. The Bertz CT molecular complexity index is 614. The van der Waals surface area contributed by atoms with Gasteiger partial charge >= 0.3 is 12.1 Å². The lowest BCUT2D eigenvalue weighted by Crippen LogP contribution is -2.16. The lowest BCUT2D eigenvalue weighted by Gasteiger charge is -2.09. The summed E-state index contributed by atoms with van der Waals surface area (Å²) in [6.45, 7) is 0. The SMILES string of the molecule is O=C(O)c1cnc(-c2ccccn2)nc1C(F)(F)F. The van der Waals surface area contributed by atoms with Crippen LogP contribution in [0.4, 0.5) is 13.2 Å². The summed E-state index contributed by atoms with van der Waals surface area (Å²) in [7, 11) is 0. The number of pyridine rings is 1. The number of carboxylic acid groups (broad SMARTS) is 1. The van der Waals surface area contributed by atoms with Crippen molar-refractivity contribution in [2.45, 2.75) is 6.18 Å². The lowest BCUT2D eigenvalue weighted by molar-refractivity contribution is -0.141. The molecule has 0 fully saturated rings. The van der Waals surface area contributed by atoms with Gasteiger partial charge in [0.25, 0.3) is 0 Å². The average molecular weight is 269 g/mol. The molecule has 0 atom stereocenters. The highest BCUT2D eigenvalue weighted by Crippen LogP contribution is 2.31. The van der Waals surface area contributed by atoms with Crippen LogP contribution >= 0.6 is 0 Å². The van der Waals surface area contributed by atoms with Crippen LogP contribution in [0, 0.1) is 0 Å². The van der Waals surface area contributed by atoms with Crippen molar-refractivity contribution in [3.63, 3.8) is 0 Å². The molecular weight excluding hydrogens is 263 g/mol. The Kier molecular flexibility index (Phi) is 3.16. The third kappa shape index (κ3) is 2.67. The molecule has 0 aliphatic carbocycles. The molecule has 2 rings (SSSR count). The summed E-state index contributed by atoms with van der Waals surface area (Å²) in [4.78, 5) is 21.4. The smallest absolute Gasteiger partial charge is 0.434 e. The van der Waals surface area contributed by atoms with E-state index in [2.05, 4.69) is 15.0 Å². The molecule has 0 saturated carbocycles. The first-order chi connectivity index (χ1) is 8.89. The Balaban J connectivity index is 2.60. The monoisotopic (exact) mass is 269 g/mol. The van der Waals surface area contributed by atoms with Crippen LogP contribution in [0.5, 0.6) is 0 Å². The lowest BCUT2D eigenvalue weighted by atomic mass is 10.2. The molecule has 0 aliphatic heterocycles. The van der Waals surface area contributed by atoms with Crippen molar-refractivity contribution in [3.05, 3.63) is 41.9 Å². The topological polar surface area (TPSA) is 76.0 Å². The summed E-state index contributed by atoms with van der Waals surface area (Å²) < 4.78 is 38.2. The van der Waals surface area contributed by atoms with Gasteiger partial charge in [-0.15, -0.1) is 0 Å². The predicted octanol–water partition coefficient (Wildman–Crippen LogP) is 2.26. The zero-order valence-corrected chi connectivity index (χ0v) is 9.22. The van der Waals surface area contributed by atoms with E-state index < -0.39 is 23.4 Å². The normalized spacial score (nSPS) is 11.3. The first kappa shape index (κ1) is 12.9. The molecule has 0 aliphatic rings. The number of carboxylic acids is 1. The van der Waals surface area contributed by atoms with Crippen molar-refractivity contribution in [2.24, 2.45) is 0 Å². The number of alkyl halides is 3. The van der Waals surface area contributed by atoms with Gasteiger partial charge in [-0.3, -0.25) is 4.98 Å². The van der Waals surface area contributed by atoms with Crippen molar-refractivity contribution in [1.29, 1.82) is 0 Å².